The van der Waals surface area contributed by atoms with Gasteiger partial charge in [0.25, 0.3) is 5.91 Å². The number of carbonyl (C=O) groups is 2. The molecular weight excluding hydrogens is 370 g/mol. The van der Waals surface area contributed by atoms with Gasteiger partial charge in [-0.15, -0.1) is 0 Å². The Morgan fingerprint density at radius 1 is 1.21 bits per heavy atom. The number of benzene rings is 1. The Morgan fingerprint density at radius 2 is 2.00 bits per heavy atom. The van der Waals surface area contributed by atoms with E-state index in [0.29, 0.717) is 23.7 Å². The van der Waals surface area contributed by atoms with Crippen LogP contribution >= 0.6 is 0 Å². The van der Waals surface area contributed by atoms with Crippen molar-refractivity contribution in [3.8, 4) is 11.4 Å². The summed E-state index contributed by atoms with van der Waals surface area (Å²) in [5.74, 6) is 1.35. The number of imidazole rings is 1. The van der Waals surface area contributed by atoms with E-state index in [2.05, 4.69) is 15.3 Å². The number of aromatic nitrogens is 3. The van der Waals surface area contributed by atoms with Crippen LogP contribution in [0, 0.1) is 6.92 Å². The number of nitrogens with zero attached hydrogens (tertiary/aromatic N) is 4. The molecule has 4 rings (SSSR count). The molecule has 0 fully saturated rings. The third kappa shape index (κ3) is 3.69. The summed E-state index contributed by atoms with van der Waals surface area (Å²) in [4.78, 5) is 35.0. The first-order chi connectivity index (χ1) is 14.1. The highest BCUT2D eigenvalue weighted by Crippen LogP contribution is 2.28. The maximum Gasteiger partial charge on any atom is 0.269 e. The predicted molar refractivity (Wildman–Crippen MR) is 108 cm³/mol. The van der Waals surface area contributed by atoms with Crippen LogP contribution in [0.1, 0.15) is 19.2 Å². The number of hydrogen-bond donors (Lipinski definition) is 1. The van der Waals surface area contributed by atoms with Gasteiger partial charge in [0.2, 0.25) is 5.91 Å². The average molecular weight is 391 g/mol. The lowest BCUT2D eigenvalue weighted by molar-refractivity contribution is -0.127. The fraction of sp³-hybridized carbons (Fsp3) is 0.238. The Morgan fingerprint density at radius 3 is 2.69 bits per heavy atom. The molecule has 1 atom stereocenters. The lowest BCUT2D eigenvalue weighted by atomic mass is 10.2. The predicted octanol–water partition coefficient (Wildman–Crippen LogP) is 2.72. The SMILES string of the molecule is CCC(Oc1ccc(-n2ccnc2C)cc1)C(=O)N1CC(=O)Nc2cccnc21. The van der Waals surface area contributed by atoms with E-state index in [-0.39, 0.29) is 18.4 Å². The second kappa shape index (κ2) is 7.75. The zero-order valence-corrected chi connectivity index (χ0v) is 16.2. The number of rotatable bonds is 5. The second-order valence-corrected chi connectivity index (χ2v) is 6.70. The molecule has 0 bridgehead atoms. The van der Waals surface area contributed by atoms with E-state index in [1.165, 1.54) is 4.90 Å². The van der Waals surface area contributed by atoms with Crippen LogP contribution in [-0.2, 0) is 9.59 Å². The summed E-state index contributed by atoms with van der Waals surface area (Å²) in [7, 11) is 0. The van der Waals surface area contributed by atoms with Crippen LogP contribution < -0.4 is 15.0 Å². The third-order valence-corrected chi connectivity index (χ3v) is 4.75. The molecule has 8 heteroatoms. The molecule has 0 saturated heterocycles. The average Bonchev–Trinajstić information content (AvgIpc) is 3.17. The fourth-order valence-corrected chi connectivity index (χ4v) is 3.28. The van der Waals surface area contributed by atoms with Gasteiger partial charge in [0, 0.05) is 24.3 Å². The molecule has 0 radical (unpaired) electrons. The van der Waals surface area contributed by atoms with Crippen molar-refractivity contribution < 1.29 is 14.3 Å². The van der Waals surface area contributed by atoms with E-state index >= 15 is 0 Å². The third-order valence-electron chi connectivity index (χ3n) is 4.75. The Balaban J connectivity index is 1.53. The zero-order chi connectivity index (χ0) is 20.4. The van der Waals surface area contributed by atoms with Gasteiger partial charge in [-0.25, -0.2) is 9.97 Å². The van der Waals surface area contributed by atoms with Gasteiger partial charge in [-0.3, -0.25) is 14.5 Å². The van der Waals surface area contributed by atoms with Crippen molar-refractivity contribution in [2.24, 2.45) is 0 Å². The Kier molecular flexibility index (Phi) is 4.99. The van der Waals surface area contributed by atoms with E-state index < -0.39 is 6.10 Å². The summed E-state index contributed by atoms with van der Waals surface area (Å²) < 4.78 is 7.92. The van der Waals surface area contributed by atoms with Crippen molar-refractivity contribution in [1.29, 1.82) is 0 Å². The van der Waals surface area contributed by atoms with Crippen molar-refractivity contribution in [3.63, 3.8) is 0 Å². The van der Waals surface area contributed by atoms with E-state index in [9.17, 15) is 9.59 Å². The van der Waals surface area contributed by atoms with Gasteiger partial charge in [-0.05, 0) is 49.7 Å². The highest BCUT2D eigenvalue weighted by molar-refractivity contribution is 6.10. The number of ether oxygens (including phenoxy) is 1. The van der Waals surface area contributed by atoms with Gasteiger partial charge in [-0.1, -0.05) is 6.92 Å². The summed E-state index contributed by atoms with van der Waals surface area (Å²) in [5.41, 5.74) is 1.48. The number of anilines is 2. The normalized spacial score (nSPS) is 14.1. The van der Waals surface area contributed by atoms with E-state index in [1.54, 1.807) is 24.5 Å². The Hall–Kier alpha value is -3.68. The molecule has 0 saturated carbocycles. The van der Waals surface area contributed by atoms with Crippen LogP contribution in [0.25, 0.3) is 5.69 Å². The monoisotopic (exact) mass is 391 g/mol. The first-order valence-electron chi connectivity index (χ1n) is 9.40. The van der Waals surface area contributed by atoms with Crippen LogP contribution in [0.15, 0.2) is 55.0 Å². The molecule has 8 nitrogen and oxygen atoms in total. The van der Waals surface area contributed by atoms with E-state index in [1.807, 2.05) is 48.9 Å². The van der Waals surface area contributed by atoms with Crippen LogP contribution in [0.5, 0.6) is 5.75 Å². The topological polar surface area (TPSA) is 89.4 Å². The van der Waals surface area contributed by atoms with Crippen LogP contribution in [0.3, 0.4) is 0 Å². The Labute approximate surface area is 168 Å². The van der Waals surface area contributed by atoms with Crippen molar-refractivity contribution in [2.45, 2.75) is 26.4 Å². The molecule has 1 aromatic carbocycles. The quantitative estimate of drug-likeness (QED) is 0.722. The molecule has 1 aliphatic heterocycles. The van der Waals surface area contributed by atoms with Gasteiger partial charge in [0.15, 0.2) is 11.9 Å². The first-order valence-corrected chi connectivity index (χ1v) is 9.40. The van der Waals surface area contributed by atoms with Gasteiger partial charge < -0.3 is 14.6 Å². The maximum absolute atomic E-state index is 13.1. The lowest BCUT2D eigenvalue weighted by Crippen LogP contribution is -2.48. The minimum atomic E-state index is -0.725. The number of carbonyl (C=O) groups excluding carboxylic acids is 2. The standard InChI is InChI=1S/C21H21N5O3/c1-3-18(21(28)26-13-19(27)24-17-5-4-10-23-20(17)26)29-16-8-6-15(7-9-16)25-12-11-22-14(25)2/h4-12,18H,3,13H2,1-2H3,(H,24,27). The van der Waals surface area contributed by atoms with Crippen molar-refractivity contribution in [2.75, 3.05) is 16.8 Å². The van der Waals surface area contributed by atoms with Gasteiger partial charge in [0.1, 0.15) is 18.1 Å². The molecule has 2 aromatic heterocycles. The lowest BCUT2D eigenvalue weighted by Gasteiger charge is -2.30. The first kappa shape index (κ1) is 18.7. The summed E-state index contributed by atoms with van der Waals surface area (Å²) >= 11 is 0. The van der Waals surface area contributed by atoms with Crippen molar-refractivity contribution >= 4 is 23.3 Å². The van der Waals surface area contributed by atoms with Crippen LogP contribution in [0.2, 0.25) is 0 Å². The smallest absolute Gasteiger partial charge is 0.269 e. The molecule has 2 amide bonds. The maximum atomic E-state index is 13.1. The minimum absolute atomic E-state index is 0.0818. The summed E-state index contributed by atoms with van der Waals surface area (Å²) in [6.07, 6.45) is 4.95. The molecule has 0 aliphatic carbocycles. The zero-order valence-electron chi connectivity index (χ0n) is 16.2. The molecule has 1 N–H and O–H groups in total. The number of fused-ring (bicyclic) bond motifs is 1. The molecule has 0 spiro atoms. The molecule has 148 valence electrons. The largest absolute Gasteiger partial charge is 0.481 e. The van der Waals surface area contributed by atoms with Crippen molar-refractivity contribution in [1.82, 2.24) is 14.5 Å². The molecule has 1 unspecified atom stereocenters. The molecule has 1 aliphatic rings. The fourth-order valence-electron chi connectivity index (χ4n) is 3.28. The molecule has 3 heterocycles. The number of nitrogens with one attached hydrogen (secondary N) is 1. The van der Waals surface area contributed by atoms with Crippen LogP contribution in [0.4, 0.5) is 11.5 Å². The van der Waals surface area contributed by atoms with Gasteiger partial charge in [-0.2, -0.15) is 0 Å². The second-order valence-electron chi connectivity index (χ2n) is 6.70. The molecule has 29 heavy (non-hydrogen) atoms. The highest BCUT2D eigenvalue weighted by atomic mass is 16.5. The van der Waals surface area contributed by atoms with Crippen molar-refractivity contribution in [3.05, 3.63) is 60.8 Å². The number of hydrogen-bond acceptors (Lipinski definition) is 5. The van der Waals surface area contributed by atoms with Crippen LogP contribution in [-0.4, -0.2) is 39.0 Å². The van der Waals surface area contributed by atoms with E-state index in [4.69, 9.17) is 4.74 Å². The minimum Gasteiger partial charge on any atom is -0.481 e. The van der Waals surface area contributed by atoms with E-state index in [0.717, 1.165) is 11.5 Å². The molecular formula is C21H21N5O3. The summed E-state index contributed by atoms with van der Waals surface area (Å²) in [5, 5.41) is 2.73. The number of amides is 2. The summed E-state index contributed by atoms with van der Waals surface area (Å²) in [6.45, 7) is 3.72. The number of aryl methyl sites for hydroxylation is 1. The van der Waals surface area contributed by atoms with Gasteiger partial charge in [0.05, 0.1) is 5.69 Å². The Bertz CT molecular complexity index is 1040. The van der Waals surface area contributed by atoms with Gasteiger partial charge >= 0.3 is 0 Å². The summed E-state index contributed by atoms with van der Waals surface area (Å²) in [6, 6.07) is 10.9. The highest BCUT2D eigenvalue weighted by Gasteiger charge is 2.33. The number of pyridine rings is 1. The molecule has 3 aromatic rings.